The van der Waals surface area contributed by atoms with Crippen molar-refractivity contribution in [1.29, 1.82) is 0 Å². The molecule has 0 saturated carbocycles. The first kappa shape index (κ1) is 10.1. The highest BCUT2D eigenvalue weighted by atomic mass is 35.5. The van der Waals surface area contributed by atoms with Gasteiger partial charge in [0.25, 0.3) is 5.91 Å². The Balaban J connectivity index is 2.17. The maximum atomic E-state index is 11.8. The number of pyridine rings is 1. The van der Waals surface area contributed by atoms with Gasteiger partial charge in [0.05, 0.1) is 17.1 Å². The van der Waals surface area contributed by atoms with Crippen molar-refractivity contribution in [3.63, 3.8) is 0 Å². The first-order chi connectivity index (χ1) is 7.16. The summed E-state index contributed by atoms with van der Waals surface area (Å²) in [6.07, 6.45) is 3.37. The Kier molecular flexibility index (Phi) is 2.68. The van der Waals surface area contributed by atoms with E-state index in [0.29, 0.717) is 23.6 Å². The molecule has 1 amide bonds. The predicted molar refractivity (Wildman–Crippen MR) is 54.8 cm³/mol. The second-order valence-electron chi connectivity index (χ2n) is 3.41. The van der Waals surface area contributed by atoms with Crippen molar-refractivity contribution in [2.24, 2.45) is 0 Å². The highest BCUT2D eigenvalue weighted by molar-refractivity contribution is 6.30. The minimum absolute atomic E-state index is 0.0957. The molecule has 2 rings (SSSR count). The van der Waals surface area contributed by atoms with Crippen LogP contribution >= 0.6 is 11.6 Å². The van der Waals surface area contributed by atoms with Gasteiger partial charge in [0.2, 0.25) is 0 Å². The van der Waals surface area contributed by atoms with Gasteiger partial charge in [-0.25, -0.2) is 0 Å². The zero-order valence-electron chi connectivity index (χ0n) is 7.94. The molecule has 1 aliphatic rings. The first-order valence-electron chi connectivity index (χ1n) is 4.58. The number of nitrogens with zero attached hydrogens (tertiary/aromatic N) is 2. The standard InChI is InChI=1S/C10H9ClN2O2/c11-8-3-7(4-12-5-8)10(15)13-2-1-9(14)6-13/h3-5H,1-2,6H2. The molecule has 1 saturated heterocycles. The maximum Gasteiger partial charge on any atom is 0.255 e. The summed E-state index contributed by atoms with van der Waals surface area (Å²) in [5.41, 5.74) is 0.428. The van der Waals surface area contributed by atoms with Crippen molar-refractivity contribution in [3.8, 4) is 0 Å². The van der Waals surface area contributed by atoms with Gasteiger partial charge < -0.3 is 4.90 Å². The van der Waals surface area contributed by atoms with Crippen LogP contribution in [-0.4, -0.2) is 34.7 Å². The van der Waals surface area contributed by atoms with Crippen molar-refractivity contribution < 1.29 is 9.59 Å². The van der Waals surface area contributed by atoms with Gasteiger partial charge in [-0.2, -0.15) is 0 Å². The van der Waals surface area contributed by atoms with Crippen molar-refractivity contribution in [2.45, 2.75) is 6.42 Å². The van der Waals surface area contributed by atoms with Gasteiger partial charge in [-0.1, -0.05) is 11.6 Å². The molecule has 1 aliphatic heterocycles. The van der Waals surface area contributed by atoms with Gasteiger partial charge in [-0.3, -0.25) is 14.6 Å². The van der Waals surface area contributed by atoms with Crippen LogP contribution < -0.4 is 0 Å². The number of likely N-dealkylation sites (tertiary alicyclic amines) is 1. The number of Topliss-reactive ketones (excluding diaryl/α,β-unsaturated/α-hetero) is 1. The number of amides is 1. The highest BCUT2D eigenvalue weighted by Crippen LogP contribution is 2.13. The molecule has 0 aromatic carbocycles. The molecule has 5 heteroatoms. The SMILES string of the molecule is O=C1CCN(C(=O)c2cncc(Cl)c2)C1. The molecule has 0 radical (unpaired) electrons. The quantitative estimate of drug-likeness (QED) is 0.719. The summed E-state index contributed by atoms with van der Waals surface area (Å²) < 4.78 is 0. The largest absolute Gasteiger partial charge is 0.331 e. The second-order valence-corrected chi connectivity index (χ2v) is 3.84. The molecule has 1 aromatic rings. The molecule has 0 aliphatic carbocycles. The van der Waals surface area contributed by atoms with Crippen LogP contribution in [0.5, 0.6) is 0 Å². The van der Waals surface area contributed by atoms with Gasteiger partial charge in [-0.15, -0.1) is 0 Å². The average molecular weight is 225 g/mol. The molecule has 1 aromatic heterocycles. The van der Waals surface area contributed by atoms with Crippen LogP contribution in [0, 0.1) is 0 Å². The Bertz CT molecular complexity index is 420. The molecule has 15 heavy (non-hydrogen) atoms. The molecule has 1 fully saturated rings. The van der Waals surface area contributed by atoms with E-state index in [0.717, 1.165) is 0 Å². The monoisotopic (exact) mass is 224 g/mol. The normalized spacial score (nSPS) is 15.8. The van der Waals surface area contributed by atoms with Gasteiger partial charge in [0.1, 0.15) is 0 Å². The third kappa shape index (κ3) is 2.15. The summed E-state index contributed by atoms with van der Waals surface area (Å²) in [4.78, 5) is 28.2. The fraction of sp³-hybridized carbons (Fsp3) is 0.300. The minimum atomic E-state index is -0.184. The lowest BCUT2D eigenvalue weighted by molar-refractivity contribution is -0.116. The predicted octanol–water partition coefficient (Wildman–Crippen LogP) is 1.15. The highest BCUT2D eigenvalue weighted by Gasteiger charge is 2.24. The Morgan fingerprint density at radius 1 is 1.47 bits per heavy atom. The average Bonchev–Trinajstić information content (AvgIpc) is 2.64. The summed E-state index contributed by atoms with van der Waals surface area (Å²) in [6, 6.07) is 1.56. The number of hydrogen-bond donors (Lipinski definition) is 0. The summed E-state index contributed by atoms with van der Waals surface area (Å²) in [5.74, 6) is -0.0887. The number of carbonyl (C=O) groups is 2. The van der Waals surface area contributed by atoms with E-state index in [1.807, 2.05) is 0 Å². The van der Waals surface area contributed by atoms with E-state index in [9.17, 15) is 9.59 Å². The third-order valence-electron chi connectivity index (χ3n) is 2.27. The van der Waals surface area contributed by atoms with Crippen LogP contribution in [0.4, 0.5) is 0 Å². The molecular weight excluding hydrogens is 216 g/mol. The van der Waals surface area contributed by atoms with Crippen molar-refractivity contribution in [2.75, 3.05) is 13.1 Å². The van der Waals surface area contributed by atoms with Crippen LogP contribution in [0.15, 0.2) is 18.5 Å². The smallest absolute Gasteiger partial charge is 0.255 e. The van der Waals surface area contributed by atoms with E-state index < -0.39 is 0 Å². The summed E-state index contributed by atoms with van der Waals surface area (Å²) in [5, 5.41) is 0.423. The summed E-state index contributed by atoms with van der Waals surface area (Å²) >= 11 is 5.72. The van der Waals surface area contributed by atoms with Crippen molar-refractivity contribution in [3.05, 3.63) is 29.0 Å². The zero-order valence-corrected chi connectivity index (χ0v) is 8.70. The van der Waals surface area contributed by atoms with E-state index in [1.54, 1.807) is 6.07 Å². The number of rotatable bonds is 1. The second kappa shape index (κ2) is 3.98. The van der Waals surface area contributed by atoms with Gasteiger partial charge in [-0.05, 0) is 6.07 Å². The van der Waals surface area contributed by atoms with Crippen LogP contribution in [0.1, 0.15) is 16.8 Å². The van der Waals surface area contributed by atoms with Gasteiger partial charge in [0.15, 0.2) is 5.78 Å². The molecule has 4 nitrogen and oxygen atoms in total. The van der Waals surface area contributed by atoms with Crippen LogP contribution in [0.2, 0.25) is 5.02 Å². The molecule has 78 valence electrons. The van der Waals surface area contributed by atoms with E-state index in [1.165, 1.54) is 17.3 Å². The summed E-state index contributed by atoms with van der Waals surface area (Å²) in [6.45, 7) is 0.690. The number of hydrogen-bond acceptors (Lipinski definition) is 3. The molecule has 0 N–H and O–H groups in total. The molecule has 0 bridgehead atoms. The van der Waals surface area contributed by atoms with Gasteiger partial charge in [0, 0.05) is 25.4 Å². The fourth-order valence-electron chi connectivity index (χ4n) is 1.52. The molecular formula is C10H9ClN2O2. The molecule has 0 spiro atoms. The molecule has 0 atom stereocenters. The lowest BCUT2D eigenvalue weighted by Gasteiger charge is -2.13. The van der Waals surface area contributed by atoms with E-state index in [2.05, 4.69) is 4.98 Å². The lowest BCUT2D eigenvalue weighted by Crippen LogP contribution is -2.28. The topological polar surface area (TPSA) is 50.3 Å². The molecule has 2 heterocycles. The number of halogens is 1. The van der Waals surface area contributed by atoms with Crippen LogP contribution in [-0.2, 0) is 4.79 Å². The zero-order chi connectivity index (χ0) is 10.8. The van der Waals surface area contributed by atoms with Crippen LogP contribution in [0.25, 0.3) is 0 Å². The Morgan fingerprint density at radius 2 is 2.27 bits per heavy atom. The maximum absolute atomic E-state index is 11.8. The van der Waals surface area contributed by atoms with Crippen molar-refractivity contribution in [1.82, 2.24) is 9.88 Å². The number of carbonyl (C=O) groups excluding carboxylic acids is 2. The van der Waals surface area contributed by atoms with Gasteiger partial charge >= 0.3 is 0 Å². The van der Waals surface area contributed by atoms with E-state index >= 15 is 0 Å². The number of ketones is 1. The Morgan fingerprint density at radius 3 is 2.87 bits per heavy atom. The van der Waals surface area contributed by atoms with Crippen LogP contribution in [0.3, 0.4) is 0 Å². The Hall–Kier alpha value is -1.42. The minimum Gasteiger partial charge on any atom is -0.331 e. The van der Waals surface area contributed by atoms with E-state index in [4.69, 9.17) is 11.6 Å². The molecule has 0 unspecified atom stereocenters. The fourth-order valence-corrected chi connectivity index (χ4v) is 1.69. The third-order valence-corrected chi connectivity index (χ3v) is 2.47. The van der Waals surface area contributed by atoms with Crippen molar-refractivity contribution >= 4 is 23.3 Å². The summed E-state index contributed by atoms with van der Waals surface area (Å²) in [7, 11) is 0. The Labute approximate surface area is 91.9 Å². The number of aromatic nitrogens is 1. The first-order valence-corrected chi connectivity index (χ1v) is 4.96. The van der Waals surface area contributed by atoms with E-state index in [-0.39, 0.29) is 18.2 Å². The lowest BCUT2D eigenvalue weighted by atomic mass is 10.2.